The van der Waals surface area contributed by atoms with E-state index in [0.29, 0.717) is 17.9 Å². The van der Waals surface area contributed by atoms with E-state index in [-0.39, 0.29) is 29.1 Å². The fourth-order valence-corrected chi connectivity index (χ4v) is 4.70. The van der Waals surface area contributed by atoms with Crippen molar-refractivity contribution < 1.29 is 13.2 Å². The molecular formula is C19H25N3O3S. The smallest absolute Gasteiger partial charge is 0.272 e. The zero-order valence-corrected chi connectivity index (χ0v) is 16.4. The van der Waals surface area contributed by atoms with Crippen LogP contribution in [0, 0.1) is 0 Å². The van der Waals surface area contributed by atoms with Crippen LogP contribution in [0.2, 0.25) is 0 Å². The van der Waals surface area contributed by atoms with Crippen molar-refractivity contribution in [3.05, 3.63) is 52.3 Å². The number of hydrogen-bond donors (Lipinski definition) is 1. The van der Waals surface area contributed by atoms with Crippen molar-refractivity contribution in [3.63, 3.8) is 0 Å². The van der Waals surface area contributed by atoms with Crippen molar-refractivity contribution in [2.45, 2.75) is 44.9 Å². The van der Waals surface area contributed by atoms with Crippen LogP contribution < -0.4 is 5.32 Å². The van der Waals surface area contributed by atoms with E-state index < -0.39 is 9.84 Å². The molecule has 140 valence electrons. The summed E-state index contributed by atoms with van der Waals surface area (Å²) in [5.74, 6) is 0.116. The number of fused-ring (bicyclic) bond motifs is 1. The average Bonchev–Trinajstić information content (AvgIpc) is 2.89. The number of aromatic nitrogens is 2. The quantitative estimate of drug-likeness (QED) is 0.890. The van der Waals surface area contributed by atoms with Crippen molar-refractivity contribution in [2.24, 2.45) is 7.05 Å². The largest absolute Gasteiger partial charge is 0.344 e. The lowest BCUT2D eigenvalue weighted by Crippen LogP contribution is -2.29. The second-order valence-electron chi connectivity index (χ2n) is 7.26. The maximum absolute atomic E-state index is 12.7. The summed E-state index contributed by atoms with van der Waals surface area (Å²) in [7, 11) is -1.41. The van der Waals surface area contributed by atoms with Crippen LogP contribution in [0.15, 0.2) is 24.3 Å². The van der Waals surface area contributed by atoms with Crippen molar-refractivity contribution in [3.8, 4) is 0 Å². The molecule has 0 fully saturated rings. The van der Waals surface area contributed by atoms with Crippen LogP contribution in [-0.2, 0) is 29.1 Å². The molecule has 0 saturated carbocycles. The molecule has 1 aromatic heterocycles. The van der Waals surface area contributed by atoms with Crippen molar-refractivity contribution in [1.82, 2.24) is 15.1 Å². The topological polar surface area (TPSA) is 81.1 Å². The van der Waals surface area contributed by atoms with E-state index in [2.05, 4.69) is 36.4 Å². The number of aryl methyl sites for hydroxylation is 1. The maximum atomic E-state index is 12.7. The molecular weight excluding hydrogens is 350 g/mol. The van der Waals surface area contributed by atoms with Crippen molar-refractivity contribution in [1.29, 1.82) is 0 Å². The average molecular weight is 375 g/mol. The number of sulfone groups is 1. The van der Waals surface area contributed by atoms with E-state index in [1.54, 1.807) is 11.7 Å². The zero-order valence-electron chi connectivity index (χ0n) is 15.6. The van der Waals surface area contributed by atoms with Gasteiger partial charge in [-0.25, -0.2) is 8.42 Å². The van der Waals surface area contributed by atoms with Crippen LogP contribution in [0.5, 0.6) is 0 Å². The molecule has 0 spiro atoms. The van der Waals surface area contributed by atoms with Gasteiger partial charge in [-0.2, -0.15) is 5.10 Å². The van der Waals surface area contributed by atoms with E-state index in [4.69, 9.17) is 0 Å². The normalized spacial score (nSPS) is 17.0. The number of nitrogens with one attached hydrogen (secondary N) is 1. The van der Waals surface area contributed by atoms with Gasteiger partial charge in [0.2, 0.25) is 0 Å². The van der Waals surface area contributed by atoms with E-state index in [9.17, 15) is 13.2 Å². The summed E-state index contributed by atoms with van der Waals surface area (Å²) in [5.41, 5.74) is 3.84. The highest BCUT2D eigenvalue weighted by atomic mass is 32.2. The predicted octanol–water partition coefficient (Wildman–Crippen LogP) is 2.51. The van der Waals surface area contributed by atoms with Gasteiger partial charge in [0, 0.05) is 24.7 Å². The first-order valence-corrected chi connectivity index (χ1v) is 10.7. The van der Waals surface area contributed by atoms with Crippen molar-refractivity contribution >= 4 is 15.7 Å². The summed E-state index contributed by atoms with van der Waals surface area (Å²) < 4.78 is 25.5. The molecule has 26 heavy (non-hydrogen) atoms. The van der Waals surface area contributed by atoms with Gasteiger partial charge < -0.3 is 5.32 Å². The first-order valence-electron chi connectivity index (χ1n) is 8.84. The third-order valence-electron chi connectivity index (χ3n) is 4.95. The van der Waals surface area contributed by atoms with Crippen LogP contribution in [0.4, 0.5) is 0 Å². The molecule has 0 bridgehead atoms. The van der Waals surface area contributed by atoms with Crippen molar-refractivity contribution in [2.75, 3.05) is 5.75 Å². The number of carbonyl (C=O) groups is 1. The Bertz CT molecular complexity index is 928. The number of hydrogen-bond acceptors (Lipinski definition) is 4. The molecule has 1 N–H and O–H groups in total. The molecule has 2 heterocycles. The first-order chi connectivity index (χ1) is 12.2. The van der Waals surface area contributed by atoms with E-state index in [1.807, 2.05) is 19.1 Å². The van der Waals surface area contributed by atoms with Gasteiger partial charge in [0.15, 0.2) is 15.5 Å². The van der Waals surface area contributed by atoms with Gasteiger partial charge in [-0.05, 0) is 24.0 Å². The monoisotopic (exact) mass is 375 g/mol. The molecule has 1 aliphatic heterocycles. The Morgan fingerprint density at radius 1 is 1.15 bits per heavy atom. The summed E-state index contributed by atoms with van der Waals surface area (Å²) in [6.45, 7) is 6.19. The molecule has 2 aromatic rings. The number of nitrogens with zero attached hydrogens (tertiary/aromatic N) is 2. The van der Waals surface area contributed by atoms with Crippen LogP contribution in [0.1, 0.15) is 65.6 Å². The maximum Gasteiger partial charge on any atom is 0.272 e. The van der Waals surface area contributed by atoms with Gasteiger partial charge >= 0.3 is 0 Å². The second kappa shape index (κ2) is 6.87. The molecule has 1 aromatic carbocycles. The Morgan fingerprint density at radius 2 is 1.77 bits per heavy atom. The summed E-state index contributed by atoms with van der Waals surface area (Å²) in [6.07, 6.45) is 0.403. The summed E-state index contributed by atoms with van der Waals surface area (Å²) in [4.78, 5) is 12.7. The minimum Gasteiger partial charge on any atom is -0.344 e. The van der Waals surface area contributed by atoms with Gasteiger partial charge in [-0.3, -0.25) is 9.48 Å². The standard InChI is InChI=1S/C19H25N3O3S/c1-12(2)14-5-7-15(8-6-14)13(3)20-19(23)18-16-11-26(24,25)10-9-17(16)22(4)21-18/h5-8,12-13H,9-11H2,1-4H3,(H,20,23)/t13-/m0/s1. The zero-order chi connectivity index (χ0) is 19.1. The highest BCUT2D eigenvalue weighted by Gasteiger charge is 2.30. The molecule has 3 rings (SSSR count). The molecule has 0 radical (unpaired) electrons. The summed E-state index contributed by atoms with van der Waals surface area (Å²) in [6, 6.07) is 7.97. The Kier molecular flexibility index (Phi) is 4.92. The lowest BCUT2D eigenvalue weighted by atomic mass is 9.99. The SMILES string of the molecule is CC(C)c1ccc([C@H](C)NC(=O)c2nn(C)c3c2CS(=O)(=O)CC3)cc1. The van der Waals surface area contributed by atoms with Gasteiger partial charge in [-0.1, -0.05) is 38.1 Å². The number of rotatable bonds is 4. The van der Waals surface area contributed by atoms with E-state index in [1.165, 1.54) is 5.56 Å². The van der Waals surface area contributed by atoms with Crippen LogP contribution in [0.25, 0.3) is 0 Å². The van der Waals surface area contributed by atoms with Gasteiger partial charge in [0.25, 0.3) is 5.91 Å². The van der Waals surface area contributed by atoms with Gasteiger partial charge in [0.1, 0.15) is 0 Å². The predicted molar refractivity (Wildman–Crippen MR) is 101 cm³/mol. The van der Waals surface area contributed by atoms with Crippen LogP contribution in [-0.4, -0.2) is 29.9 Å². The Balaban J connectivity index is 1.80. The van der Waals surface area contributed by atoms with E-state index >= 15 is 0 Å². The molecule has 1 amide bonds. The first kappa shape index (κ1) is 18.6. The minimum atomic E-state index is -3.17. The Labute approximate surface area is 154 Å². The summed E-state index contributed by atoms with van der Waals surface area (Å²) >= 11 is 0. The van der Waals surface area contributed by atoms with Gasteiger partial charge in [0.05, 0.1) is 17.5 Å². The number of carbonyl (C=O) groups excluding carboxylic acids is 1. The van der Waals surface area contributed by atoms with Gasteiger partial charge in [-0.15, -0.1) is 0 Å². The molecule has 0 aliphatic carbocycles. The van der Waals surface area contributed by atoms with Crippen LogP contribution in [0.3, 0.4) is 0 Å². The third kappa shape index (κ3) is 3.67. The number of benzene rings is 1. The molecule has 1 atom stereocenters. The lowest BCUT2D eigenvalue weighted by Gasteiger charge is -2.16. The highest BCUT2D eigenvalue weighted by molar-refractivity contribution is 7.90. The molecule has 0 saturated heterocycles. The highest BCUT2D eigenvalue weighted by Crippen LogP contribution is 2.24. The fraction of sp³-hybridized carbons (Fsp3) is 0.474. The molecule has 6 nitrogen and oxygen atoms in total. The van der Waals surface area contributed by atoms with E-state index in [0.717, 1.165) is 11.3 Å². The summed E-state index contributed by atoms with van der Waals surface area (Å²) in [5, 5.41) is 7.22. The third-order valence-corrected chi connectivity index (χ3v) is 6.51. The number of amides is 1. The second-order valence-corrected chi connectivity index (χ2v) is 9.44. The lowest BCUT2D eigenvalue weighted by molar-refractivity contribution is 0.0933. The molecule has 7 heteroatoms. The Morgan fingerprint density at radius 3 is 2.38 bits per heavy atom. The Hall–Kier alpha value is -2.15. The fourth-order valence-electron chi connectivity index (χ4n) is 3.31. The van der Waals surface area contributed by atoms with Crippen LogP contribution >= 0.6 is 0 Å². The molecule has 1 aliphatic rings. The minimum absolute atomic E-state index is 0.110. The molecule has 0 unspecified atom stereocenters.